The monoisotopic (exact) mass is 359 g/mol. The van der Waals surface area contributed by atoms with Gasteiger partial charge in [0.1, 0.15) is 5.69 Å². The first-order valence-corrected chi connectivity index (χ1v) is 6.04. The van der Waals surface area contributed by atoms with Crippen molar-refractivity contribution in [3.8, 4) is 0 Å². The van der Waals surface area contributed by atoms with E-state index in [4.69, 9.17) is 4.42 Å². The zero-order chi connectivity index (χ0) is 6.97. The van der Waals surface area contributed by atoms with Crippen molar-refractivity contribution in [2.45, 2.75) is 0 Å². The molecule has 52 valence electrons. The fourth-order valence-corrected chi connectivity index (χ4v) is 3.19. The molecule has 1 aliphatic rings. The largest absolute Gasteiger partial charge is 0.461 e. The number of rotatable bonds is 0. The average molecular weight is 359 g/mol. The fraction of sp³-hybridized carbons (Fsp3) is 0. The van der Waals surface area contributed by atoms with Crippen molar-refractivity contribution in [3.63, 3.8) is 0 Å². The standard InChI is InChI=1S/C6H3I2NO/c7-6-5-4(1-2-10-5)9-3-8-6/h1-3H. The number of furan rings is 1. The van der Waals surface area contributed by atoms with Crippen LogP contribution in [0.5, 0.6) is 0 Å². The van der Waals surface area contributed by atoms with Crippen LogP contribution in [0, 0.1) is 0 Å². The van der Waals surface area contributed by atoms with E-state index in [1.807, 2.05) is 10.3 Å². The van der Waals surface area contributed by atoms with Crippen LogP contribution >= 0.6 is 43.3 Å². The highest BCUT2D eigenvalue weighted by Gasteiger charge is 2.10. The summed E-state index contributed by atoms with van der Waals surface area (Å²) in [7, 11) is 0. The molecule has 4 heteroatoms. The van der Waals surface area contributed by atoms with Crippen LogP contribution in [0.4, 0.5) is 5.69 Å². The van der Waals surface area contributed by atoms with Crippen molar-refractivity contribution < 1.29 is 4.42 Å². The summed E-state index contributed by atoms with van der Waals surface area (Å²) in [6, 6.07) is 1.90. The Labute approximate surface area is 81.6 Å². The number of hydrogen-bond donors (Lipinski definition) is 0. The number of fused-ring (bicyclic) bond motifs is 1. The van der Waals surface area contributed by atoms with Gasteiger partial charge in [-0.2, -0.15) is 0 Å². The first-order chi connectivity index (χ1) is 4.88. The third-order valence-electron chi connectivity index (χ3n) is 1.15. The normalized spacial score (nSPS) is 15.5. The lowest BCUT2D eigenvalue weighted by Gasteiger charge is -1.97. The summed E-state index contributed by atoms with van der Waals surface area (Å²) in [4.78, 5) is 4.21. The summed E-state index contributed by atoms with van der Waals surface area (Å²) in [6.07, 6.45) is 1.69. The lowest BCUT2D eigenvalue weighted by molar-refractivity contribution is 0.562. The minimum Gasteiger partial charge on any atom is -0.461 e. The van der Waals surface area contributed by atoms with Gasteiger partial charge in [-0.1, -0.05) is 20.7 Å². The Hall–Kier alpha value is 0.280. The first-order valence-electron chi connectivity index (χ1n) is 2.64. The predicted molar refractivity (Wildman–Crippen MR) is 59.0 cm³/mol. The second-order valence-electron chi connectivity index (χ2n) is 1.73. The summed E-state index contributed by atoms with van der Waals surface area (Å²) in [5.41, 5.74) is 0.982. The summed E-state index contributed by atoms with van der Waals surface area (Å²) in [6.45, 7) is 0. The number of aliphatic imine (C=N–C) groups is 1. The van der Waals surface area contributed by atoms with E-state index < -0.39 is 0 Å². The van der Waals surface area contributed by atoms with Gasteiger partial charge in [0, 0.05) is 6.07 Å². The molecule has 0 N–H and O–H groups in total. The van der Waals surface area contributed by atoms with Crippen molar-refractivity contribution >= 4 is 54.7 Å². The Morgan fingerprint density at radius 1 is 1.60 bits per heavy atom. The molecule has 0 unspecified atom stereocenters. The fourth-order valence-electron chi connectivity index (χ4n) is 0.715. The molecular weight excluding hydrogens is 356 g/mol. The van der Waals surface area contributed by atoms with Gasteiger partial charge in [-0.25, -0.2) is 4.99 Å². The highest BCUT2D eigenvalue weighted by molar-refractivity contribution is 14.2. The molecule has 10 heavy (non-hydrogen) atoms. The number of hydrogen-bond acceptors (Lipinski definition) is 2. The van der Waals surface area contributed by atoms with Crippen LogP contribution in [0.1, 0.15) is 5.76 Å². The summed E-state index contributed by atoms with van der Waals surface area (Å²) < 4.78 is 8.59. The van der Waals surface area contributed by atoms with E-state index in [0.29, 0.717) is 0 Å². The number of nitrogens with zero attached hydrogens (tertiary/aromatic N) is 1. The Kier molecular flexibility index (Phi) is 1.90. The molecule has 1 aromatic rings. The van der Waals surface area contributed by atoms with Crippen molar-refractivity contribution in [3.05, 3.63) is 18.1 Å². The summed E-state index contributed by atoms with van der Waals surface area (Å²) in [5, 5.41) is 0. The van der Waals surface area contributed by atoms with Gasteiger partial charge >= 0.3 is 0 Å². The smallest absolute Gasteiger partial charge is 0.171 e. The van der Waals surface area contributed by atoms with Gasteiger partial charge in [-0.05, 0) is 22.6 Å². The molecule has 2 heterocycles. The highest BCUT2D eigenvalue weighted by atomic mass is 127. The molecule has 2 nitrogen and oxygen atoms in total. The van der Waals surface area contributed by atoms with Crippen LogP contribution in [0.25, 0.3) is 0 Å². The molecule has 0 aromatic carbocycles. The van der Waals surface area contributed by atoms with E-state index in [2.05, 4.69) is 27.6 Å². The van der Waals surface area contributed by atoms with Gasteiger partial charge in [-0.15, -0.1) is 0 Å². The first kappa shape index (κ1) is 6.96. The van der Waals surface area contributed by atoms with Gasteiger partial charge in [-0.3, -0.25) is 0 Å². The van der Waals surface area contributed by atoms with Crippen molar-refractivity contribution in [1.82, 2.24) is 0 Å². The van der Waals surface area contributed by atoms with E-state index in [1.54, 1.807) is 6.26 Å². The zero-order valence-corrected chi connectivity index (χ0v) is 9.16. The molecule has 1 aliphatic heterocycles. The van der Waals surface area contributed by atoms with Crippen molar-refractivity contribution in [2.75, 3.05) is 0 Å². The van der Waals surface area contributed by atoms with Gasteiger partial charge in [0.25, 0.3) is 0 Å². The van der Waals surface area contributed by atoms with Crippen LogP contribution in [0.2, 0.25) is 0 Å². The van der Waals surface area contributed by atoms with E-state index in [9.17, 15) is 0 Å². The van der Waals surface area contributed by atoms with Crippen LogP contribution in [-0.4, -0.2) is 5.74 Å². The molecule has 0 atom stereocenters. The Morgan fingerprint density at radius 3 is 3.30 bits per heavy atom. The van der Waals surface area contributed by atoms with Crippen LogP contribution in [0.15, 0.2) is 21.7 Å². The molecule has 1 aromatic heterocycles. The van der Waals surface area contributed by atoms with Crippen LogP contribution in [0.3, 0.4) is 0 Å². The quantitative estimate of drug-likeness (QED) is 0.655. The minimum atomic E-state index is 0.00698. The van der Waals surface area contributed by atoms with E-state index in [-0.39, 0.29) is 20.7 Å². The molecular formula is C6H3I2NO. The van der Waals surface area contributed by atoms with Crippen molar-refractivity contribution in [2.24, 2.45) is 4.99 Å². The molecule has 0 aliphatic carbocycles. The molecule has 0 amide bonds. The van der Waals surface area contributed by atoms with Crippen LogP contribution in [-0.2, 0) is 0 Å². The maximum absolute atomic E-state index is 5.24. The Morgan fingerprint density at radius 2 is 2.50 bits per heavy atom. The van der Waals surface area contributed by atoms with Crippen LogP contribution < -0.4 is 0 Å². The third-order valence-corrected chi connectivity index (χ3v) is 4.81. The topological polar surface area (TPSA) is 25.5 Å². The van der Waals surface area contributed by atoms with Gasteiger partial charge < -0.3 is 4.42 Å². The van der Waals surface area contributed by atoms with E-state index in [1.165, 1.54) is 1.52 Å². The lowest BCUT2D eigenvalue weighted by atomic mass is 10.4. The molecule has 0 saturated heterocycles. The van der Waals surface area contributed by atoms with E-state index in [0.717, 1.165) is 11.4 Å². The maximum atomic E-state index is 5.24. The second-order valence-corrected chi connectivity index (χ2v) is 7.13. The van der Waals surface area contributed by atoms with E-state index >= 15 is 0 Å². The predicted octanol–water partition coefficient (Wildman–Crippen LogP) is 2.84. The molecule has 0 bridgehead atoms. The summed E-state index contributed by atoms with van der Waals surface area (Å²) in [5.74, 6) is 0.982. The average Bonchev–Trinajstić information content (AvgIpc) is 2.36. The molecule has 0 fully saturated rings. The number of halogens is 2. The van der Waals surface area contributed by atoms with Crippen molar-refractivity contribution in [1.29, 1.82) is 0 Å². The van der Waals surface area contributed by atoms with Gasteiger partial charge in [0.05, 0.1) is 12.0 Å². The van der Waals surface area contributed by atoms with Gasteiger partial charge in [0.2, 0.25) is 0 Å². The van der Waals surface area contributed by atoms with Gasteiger partial charge in [0.15, 0.2) is 5.76 Å². The molecule has 0 spiro atoms. The summed E-state index contributed by atoms with van der Waals surface area (Å²) >= 11 is 2.33. The Bertz CT molecular complexity index is 313. The highest BCUT2D eigenvalue weighted by Crippen LogP contribution is 2.29. The lowest BCUT2D eigenvalue weighted by Crippen LogP contribution is -1.85. The SMILES string of the molecule is IC1=IC=Nc2ccoc21. The molecule has 0 radical (unpaired) electrons. The zero-order valence-electron chi connectivity index (χ0n) is 4.84. The Balaban J connectivity index is 2.67. The maximum Gasteiger partial charge on any atom is 0.171 e. The minimum absolute atomic E-state index is 0.00698. The second kappa shape index (κ2) is 2.72. The molecule has 0 saturated carbocycles. The third kappa shape index (κ3) is 1.07. The molecule has 2 rings (SSSR count).